The molecule has 2 N–H and O–H groups in total. The van der Waals surface area contributed by atoms with E-state index in [-0.39, 0.29) is 36.5 Å². The lowest BCUT2D eigenvalue weighted by Gasteiger charge is -2.40. The first-order valence-corrected chi connectivity index (χ1v) is 11.0. The first-order valence-electron chi connectivity index (χ1n) is 11.0. The number of likely N-dealkylation sites (tertiary alicyclic amines) is 1. The van der Waals surface area contributed by atoms with E-state index in [0.717, 1.165) is 18.4 Å². The normalized spacial score (nSPS) is 26.1. The highest BCUT2D eigenvalue weighted by atomic mass is 16.5. The molecule has 1 saturated carbocycles. The van der Waals surface area contributed by atoms with Crippen LogP contribution in [0.5, 0.6) is 0 Å². The molecule has 170 valence electrons. The number of amides is 2. The Morgan fingerprint density at radius 1 is 1.16 bits per heavy atom. The van der Waals surface area contributed by atoms with Crippen LogP contribution in [0.15, 0.2) is 30.3 Å². The number of carbonyl (C=O) groups excluding carboxylic acids is 3. The van der Waals surface area contributed by atoms with Gasteiger partial charge in [-0.15, -0.1) is 0 Å². The fraction of sp³-hybridized carbons (Fsp3) is 0.609. The van der Waals surface area contributed by atoms with Gasteiger partial charge in [0, 0.05) is 24.7 Å². The van der Waals surface area contributed by atoms with E-state index in [0.29, 0.717) is 25.4 Å². The molecule has 3 rings (SSSR count). The summed E-state index contributed by atoms with van der Waals surface area (Å²) in [6.07, 6.45) is 2.13. The highest BCUT2D eigenvalue weighted by molar-refractivity contribution is 5.88. The summed E-state index contributed by atoms with van der Waals surface area (Å²) in [5, 5.41) is 6.17. The van der Waals surface area contributed by atoms with Crippen molar-refractivity contribution in [1.82, 2.24) is 15.5 Å². The molecule has 1 aliphatic heterocycles. The number of benzene rings is 1. The second-order valence-corrected chi connectivity index (χ2v) is 8.61. The molecule has 0 spiro atoms. The number of esters is 1. The Hall–Kier alpha value is -2.61. The molecule has 0 radical (unpaired) electrons. The Kier molecular flexibility index (Phi) is 7.90. The summed E-state index contributed by atoms with van der Waals surface area (Å²) in [5.41, 5.74) is 0.879. The summed E-state index contributed by atoms with van der Waals surface area (Å²) in [5.74, 6) is -0.819. The molecule has 4 atom stereocenters. The molecule has 1 heterocycles. The lowest BCUT2D eigenvalue weighted by atomic mass is 9.80. The maximum absolute atomic E-state index is 13.0. The van der Waals surface area contributed by atoms with Crippen LogP contribution in [0.25, 0.3) is 0 Å². The molecule has 2 aliphatic rings. The number of nitrogens with one attached hydrogen (secondary N) is 2. The SMILES string of the molecule is COC(=O)[C@H]1C[C@H](NC(C)C)CC[C@@H]1N1CC[C@H](NC(=O)OCc2ccccc2)C1=O. The van der Waals surface area contributed by atoms with Gasteiger partial charge in [0.05, 0.1) is 13.0 Å². The van der Waals surface area contributed by atoms with Gasteiger partial charge in [0.1, 0.15) is 12.6 Å². The number of hydrogen-bond donors (Lipinski definition) is 2. The van der Waals surface area contributed by atoms with E-state index in [9.17, 15) is 14.4 Å². The Bertz CT molecular complexity index is 770. The number of methoxy groups -OCH3 is 1. The first kappa shape index (κ1) is 23.1. The van der Waals surface area contributed by atoms with Crippen molar-refractivity contribution in [3.05, 3.63) is 35.9 Å². The van der Waals surface area contributed by atoms with Crippen LogP contribution in [0.1, 0.15) is 45.1 Å². The molecule has 1 aromatic carbocycles. The van der Waals surface area contributed by atoms with Crippen LogP contribution in [0.2, 0.25) is 0 Å². The van der Waals surface area contributed by atoms with E-state index < -0.39 is 12.1 Å². The Morgan fingerprint density at radius 2 is 1.90 bits per heavy atom. The van der Waals surface area contributed by atoms with Gasteiger partial charge in [-0.05, 0) is 31.2 Å². The van der Waals surface area contributed by atoms with Crippen LogP contribution < -0.4 is 10.6 Å². The maximum Gasteiger partial charge on any atom is 0.408 e. The van der Waals surface area contributed by atoms with E-state index in [1.165, 1.54) is 7.11 Å². The van der Waals surface area contributed by atoms with Crippen molar-refractivity contribution in [1.29, 1.82) is 0 Å². The molecule has 0 bridgehead atoms. The number of nitrogens with zero attached hydrogens (tertiary/aromatic N) is 1. The first-order chi connectivity index (χ1) is 14.9. The Labute approximate surface area is 183 Å². The van der Waals surface area contributed by atoms with Crippen LogP contribution in [0.4, 0.5) is 4.79 Å². The topological polar surface area (TPSA) is 97.0 Å². The number of rotatable bonds is 7. The molecule has 1 saturated heterocycles. The third kappa shape index (κ3) is 5.97. The van der Waals surface area contributed by atoms with Gasteiger partial charge in [-0.3, -0.25) is 9.59 Å². The van der Waals surface area contributed by atoms with Gasteiger partial charge in [0.15, 0.2) is 0 Å². The van der Waals surface area contributed by atoms with Gasteiger partial charge < -0.3 is 25.0 Å². The number of alkyl carbamates (subject to hydrolysis) is 1. The van der Waals surface area contributed by atoms with E-state index in [4.69, 9.17) is 9.47 Å². The van der Waals surface area contributed by atoms with Gasteiger partial charge in [-0.1, -0.05) is 44.2 Å². The van der Waals surface area contributed by atoms with Gasteiger partial charge in [0.2, 0.25) is 5.91 Å². The number of hydrogen-bond acceptors (Lipinski definition) is 6. The predicted octanol–water partition coefficient (Wildman–Crippen LogP) is 2.22. The molecule has 0 unspecified atom stereocenters. The summed E-state index contributed by atoms with van der Waals surface area (Å²) in [7, 11) is 1.39. The van der Waals surface area contributed by atoms with Crippen LogP contribution in [-0.4, -0.2) is 60.7 Å². The molecule has 1 aromatic rings. The molecular weight excluding hydrogens is 398 g/mol. The van der Waals surface area contributed by atoms with Gasteiger partial charge >= 0.3 is 12.1 Å². The minimum atomic E-state index is -0.631. The lowest BCUT2D eigenvalue weighted by Crippen LogP contribution is -2.53. The molecule has 8 heteroatoms. The molecular formula is C23H33N3O5. The number of ether oxygens (including phenoxy) is 2. The largest absolute Gasteiger partial charge is 0.469 e. The monoisotopic (exact) mass is 431 g/mol. The van der Waals surface area contributed by atoms with Gasteiger partial charge in [0.25, 0.3) is 0 Å². The van der Waals surface area contributed by atoms with Crippen molar-refractivity contribution in [2.75, 3.05) is 13.7 Å². The third-order valence-electron chi connectivity index (χ3n) is 6.03. The highest BCUT2D eigenvalue weighted by Gasteiger charge is 2.45. The van der Waals surface area contributed by atoms with E-state index >= 15 is 0 Å². The zero-order valence-electron chi connectivity index (χ0n) is 18.5. The smallest absolute Gasteiger partial charge is 0.408 e. The maximum atomic E-state index is 13.0. The standard InChI is InChI=1S/C23H33N3O5/c1-15(2)24-17-9-10-20(18(13-17)22(28)30-3)26-12-11-19(21(26)27)25-23(29)31-14-16-7-5-4-6-8-16/h4-8,15,17-20,24H,9-14H2,1-3H3,(H,25,29)/t17-,18+,19+,20+/m1/s1. The molecule has 31 heavy (non-hydrogen) atoms. The zero-order chi connectivity index (χ0) is 22.4. The van der Waals surface area contributed by atoms with Crippen LogP contribution >= 0.6 is 0 Å². The second-order valence-electron chi connectivity index (χ2n) is 8.61. The van der Waals surface area contributed by atoms with Crippen molar-refractivity contribution in [3.8, 4) is 0 Å². The van der Waals surface area contributed by atoms with Crippen molar-refractivity contribution in [3.63, 3.8) is 0 Å². The van der Waals surface area contributed by atoms with Crippen molar-refractivity contribution >= 4 is 18.0 Å². The fourth-order valence-corrected chi connectivity index (χ4v) is 4.63. The van der Waals surface area contributed by atoms with Crippen LogP contribution in [0.3, 0.4) is 0 Å². The molecule has 1 aliphatic carbocycles. The van der Waals surface area contributed by atoms with Crippen molar-refractivity contribution in [2.24, 2.45) is 5.92 Å². The summed E-state index contributed by atoms with van der Waals surface area (Å²) in [6, 6.07) is 9.08. The van der Waals surface area contributed by atoms with E-state index in [1.54, 1.807) is 4.90 Å². The average molecular weight is 432 g/mol. The minimum absolute atomic E-state index is 0.147. The Balaban J connectivity index is 1.57. The molecule has 8 nitrogen and oxygen atoms in total. The van der Waals surface area contributed by atoms with Crippen LogP contribution in [-0.2, 0) is 25.7 Å². The summed E-state index contributed by atoms with van der Waals surface area (Å²) >= 11 is 0. The Morgan fingerprint density at radius 3 is 2.58 bits per heavy atom. The predicted molar refractivity (Wildman–Crippen MR) is 115 cm³/mol. The second kappa shape index (κ2) is 10.6. The molecule has 2 amide bonds. The van der Waals surface area contributed by atoms with Gasteiger partial charge in [-0.2, -0.15) is 0 Å². The molecule has 0 aromatic heterocycles. The van der Waals surface area contributed by atoms with E-state index in [1.807, 2.05) is 30.3 Å². The van der Waals surface area contributed by atoms with Crippen molar-refractivity contribution in [2.45, 2.75) is 70.3 Å². The minimum Gasteiger partial charge on any atom is -0.469 e. The highest BCUT2D eigenvalue weighted by Crippen LogP contribution is 2.32. The van der Waals surface area contributed by atoms with E-state index in [2.05, 4.69) is 24.5 Å². The molecule has 2 fully saturated rings. The van der Waals surface area contributed by atoms with Crippen molar-refractivity contribution < 1.29 is 23.9 Å². The summed E-state index contributed by atoms with van der Waals surface area (Å²) in [4.78, 5) is 39.4. The fourth-order valence-electron chi connectivity index (χ4n) is 4.63. The third-order valence-corrected chi connectivity index (χ3v) is 6.03. The summed E-state index contributed by atoms with van der Waals surface area (Å²) < 4.78 is 10.3. The summed E-state index contributed by atoms with van der Waals surface area (Å²) in [6.45, 7) is 4.81. The number of carbonyl (C=O) groups is 3. The average Bonchev–Trinajstić information content (AvgIpc) is 3.12. The van der Waals surface area contributed by atoms with Gasteiger partial charge in [-0.25, -0.2) is 4.79 Å². The zero-order valence-corrected chi connectivity index (χ0v) is 18.5. The lowest BCUT2D eigenvalue weighted by molar-refractivity contribution is -0.151. The van der Waals surface area contributed by atoms with Crippen LogP contribution in [0, 0.1) is 5.92 Å². The quantitative estimate of drug-likeness (QED) is 0.643.